The number of hydrogen-bond acceptors (Lipinski definition) is 4. The summed E-state index contributed by atoms with van der Waals surface area (Å²) in [6, 6.07) is 10.4. The van der Waals surface area contributed by atoms with Gasteiger partial charge in [-0.25, -0.2) is 4.79 Å². The van der Waals surface area contributed by atoms with Crippen molar-refractivity contribution in [3.63, 3.8) is 0 Å². The van der Waals surface area contributed by atoms with E-state index in [1.807, 2.05) is 17.5 Å². The number of thioether (sulfide) groups is 1. The molecule has 1 heterocycles. The molecular formula is C14H12O3S2. The zero-order valence-corrected chi connectivity index (χ0v) is 11.7. The number of carbonyl (C=O) groups is 2. The molecule has 0 bridgehead atoms. The molecule has 0 amide bonds. The van der Waals surface area contributed by atoms with E-state index in [2.05, 4.69) is 0 Å². The molecule has 3 nitrogen and oxygen atoms in total. The topological polar surface area (TPSA) is 54.4 Å². The lowest BCUT2D eigenvalue weighted by Gasteiger charge is -2.01. The van der Waals surface area contributed by atoms with Crippen LogP contribution in [0.5, 0.6) is 0 Å². The van der Waals surface area contributed by atoms with Crippen LogP contribution in [-0.2, 0) is 5.75 Å². The number of carboxylic acid groups (broad SMARTS) is 1. The maximum Gasteiger partial charge on any atom is 0.335 e. The van der Waals surface area contributed by atoms with Gasteiger partial charge in [-0.3, -0.25) is 4.79 Å². The lowest BCUT2D eigenvalue weighted by Crippen LogP contribution is -2.00. The Morgan fingerprint density at radius 1 is 1.16 bits per heavy atom. The molecule has 0 aliphatic carbocycles. The Balaban J connectivity index is 1.82. The molecule has 0 aliphatic heterocycles. The van der Waals surface area contributed by atoms with Gasteiger partial charge in [-0.1, -0.05) is 18.2 Å². The van der Waals surface area contributed by atoms with Gasteiger partial charge in [-0.05, 0) is 29.1 Å². The molecule has 19 heavy (non-hydrogen) atoms. The molecule has 2 aromatic rings. The summed E-state index contributed by atoms with van der Waals surface area (Å²) in [4.78, 5) is 23.2. The number of ketones is 1. The van der Waals surface area contributed by atoms with Crippen LogP contribution in [0, 0.1) is 0 Å². The van der Waals surface area contributed by atoms with Crippen LogP contribution in [0.1, 0.15) is 25.6 Å². The highest BCUT2D eigenvalue weighted by atomic mass is 32.2. The van der Waals surface area contributed by atoms with Crippen molar-refractivity contribution in [3.05, 3.63) is 57.8 Å². The Kier molecular flexibility index (Phi) is 4.76. The molecule has 1 N–H and O–H groups in total. The molecule has 98 valence electrons. The normalized spacial score (nSPS) is 10.3. The van der Waals surface area contributed by atoms with E-state index in [1.165, 1.54) is 23.1 Å². The Morgan fingerprint density at radius 3 is 2.47 bits per heavy atom. The van der Waals surface area contributed by atoms with Crippen molar-refractivity contribution in [2.45, 2.75) is 5.75 Å². The predicted molar refractivity (Wildman–Crippen MR) is 78.2 cm³/mol. The average molecular weight is 292 g/mol. The highest BCUT2D eigenvalue weighted by Gasteiger charge is 2.07. The maximum atomic E-state index is 11.8. The van der Waals surface area contributed by atoms with Crippen LogP contribution < -0.4 is 0 Å². The van der Waals surface area contributed by atoms with E-state index in [-0.39, 0.29) is 11.3 Å². The molecule has 0 aliphatic rings. The summed E-state index contributed by atoms with van der Waals surface area (Å²) in [5.41, 5.74) is 1.30. The Morgan fingerprint density at radius 2 is 1.89 bits per heavy atom. The molecule has 0 fully saturated rings. The van der Waals surface area contributed by atoms with Crippen molar-refractivity contribution < 1.29 is 14.7 Å². The quantitative estimate of drug-likeness (QED) is 0.827. The average Bonchev–Trinajstić information content (AvgIpc) is 2.93. The molecule has 5 heteroatoms. The van der Waals surface area contributed by atoms with Gasteiger partial charge in [0.15, 0.2) is 5.78 Å². The maximum absolute atomic E-state index is 11.8. The first kappa shape index (κ1) is 13.8. The number of benzene rings is 1. The molecule has 0 saturated heterocycles. The summed E-state index contributed by atoms with van der Waals surface area (Å²) in [6.45, 7) is 0. The second-order valence-corrected chi connectivity index (χ2v) is 5.83. The van der Waals surface area contributed by atoms with Crippen LogP contribution in [0.3, 0.4) is 0 Å². The van der Waals surface area contributed by atoms with Gasteiger partial charge in [-0.2, -0.15) is 0 Å². The van der Waals surface area contributed by atoms with E-state index in [0.29, 0.717) is 11.5 Å². The van der Waals surface area contributed by atoms with Crippen molar-refractivity contribution in [2.75, 3.05) is 5.75 Å². The minimum absolute atomic E-state index is 0.141. The van der Waals surface area contributed by atoms with Gasteiger partial charge in [-0.15, -0.1) is 23.1 Å². The van der Waals surface area contributed by atoms with Crippen LogP contribution in [0.15, 0.2) is 41.8 Å². The number of aromatic carboxylic acids is 1. The molecule has 2 rings (SSSR count). The molecular weight excluding hydrogens is 280 g/mol. The number of Topliss-reactive ketones (excluding diaryl/α,β-unsaturated/α-hetero) is 1. The van der Waals surface area contributed by atoms with Crippen LogP contribution in [-0.4, -0.2) is 22.6 Å². The minimum Gasteiger partial charge on any atom is -0.478 e. The summed E-state index contributed by atoms with van der Waals surface area (Å²) in [6.07, 6.45) is 0. The van der Waals surface area contributed by atoms with E-state index < -0.39 is 5.97 Å². The first-order valence-electron chi connectivity index (χ1n) is 5.63. The van der Waals surface area contributed by atoms with Crippen molar-refractivity contribution in [1.29, 1.82) is 0 Å². The van der Waals surface area contributed by atoms with Crippen molar-refractivity contribution in [3.8, 4) is 0 Å². The number of hydrogen-bond donors (Lipinski definition) is 1. The van der Waals surface area contributed by atoms with Gasteiger partial charge in [0.2, 0.25) is 0 Å². The fourth-order valence-corrected chi connectivity index (χ4v) is 3.14. The Hall–Kier alpha value is -1.59. The third-order valence-corrected chi connectivity index (χ3v) is 4.41. The van der Waals surface area contributed by atoms with Crippen LogP contribution in [0.25, 0.3) is 0 Å². The second kappa shape index (κ2) is 6.54. The van der Waals surface area contributed by atoms with Gasteiger partial charge in [0, 0.05) is 5.75 Å². The third kappa shape index (κ3) is 3.94. The summed E-state index contributed by atoms with van der Waals surface area (Å²) in [5.74, 6) is 0.368. The molecule has 1 aromatic heterocycles. The van der Waals surface area contributed by atoms with Gasteiger partial charge in [0.25, 0.3) is 0 Å². The smallest absolute Gasteiger partial charge is 0.335 e. The van der Waals surface area contributed by atoms with E-state index >= 15 is 0 Å². The molecule has 0 radical (unpaired) electrons. The summed E-state index contributed by atoms with van der Waals surface area (Å²) >= 11 is 2.99. The number of thiophene rings is 1. The number of rotatable bonds is 6. The van der Waals surface area contributed by atoms with Crippen molar-refractivity contribution in [1.82, 2.24) is 0 Å². The Labute approximate surface area is 119 Å². The highest BCUT2D eigenvalue weighted by molar-refractivity contribution is 7.99. The molecule has 0 spiro atoms. The minimum atomic E-state index is -0.924. The van der Waals surface area contributed by atoms with Crippen LogP contribution >= 0.6 is 23.1 Å². The van der Waals surface area contributed by atoms with Gasteiger partial charge in [0.1, 0.15) is 0 Å². The number of carboxylic acids is 1. The first-order chi connectivity index (χ1) is 9.16. The van der Waals surface area contributed by atoms with Crippen molar-refractivity contribution >= 4 is 34.9 Å². The monoisotopic (exact) mass is 292 g/mol. The van der Waals surface area contributed by atoms with E-state index in [1.54, 1.807) is 24.3 Å². The fraction of sp³-hybridized carbons (Fsp3) is 0.143. The second-order valence-electron chi connectivity index (χ2n) is 3.90. The van der Waals surface area contributed by atoms with E-state index in [4.69, 9.17) is 5.11 Å². The standard InChI is InChI=1S/C14H12O3S2/c15-12(13-2-1-7-19-13)9-18-8-10-3-5-11(6-4-10)14(16)17/h1-7H,8-9H2,(H,16,17). The van der Waals surface area contributed by atoms with E-state index in [9.17, 15) is 9.59 Å². The zero-order valence-electron chi connectivity index (χ0n) is 10.0. The SMILES string of the molecule is O=C(O)c1ccc(CSCC(=O)c2cccs2)cc1. The summed E-state index contributed by atoms with van der Waals surface area (Å²) in [5, 5.41) is 10.7. The number of carbonyl (C=O) groups excluding carboxylic acids is 1. The molecule has 0 saturated carbocycles. The van der Waals surface area contributed by atoms with Gasteiger partial charge in [0.05, 0.1) is 16.2 Å². The lowest BCUT2D eigenvalue weighted by atomic mass is 10.1. The Bertz CT molecular complexity index is 559. The summed E-state index contributed by atoms with van der Waals surface area (Å²) in [7, 11) is 0. The van der Waals surface area contributed by atoms with E-state index in [0.717, 1.165) is 10.4 Å². The zero-order chi connectivity index (χ0) is 13.7. The van der Waals surface area contributed by atoms with Crippen molar-refractivity contribution in [2.24, 2.45) is 0 Å². The van der Waals surface area contributed by atoms with Gasteiger partial charge >= 0.3 is 5.97 Å². The molecule has 1 aromatic carbocycles. The van der Waals surface area contributed by atoms with Crippen LogP contribution in [0.2, 0.25) is 0 Å². The third-order valence-electron chi connectivity index (χ3n) is 2.50. The lowest BCUT2D eigenvalue weighted by molar-refractivity contribution is 0.0696. The predicted octanol–water partition coefficient (Wildman–Crippen LogP) is 3.56. The molecule has 0 unspecified atom stereocenters. The first-order valence-corrected chi connectivity index (χ1v) is 7.67. The molecule has 0 atom stereocenters. The highest BCUT2D eigenvalue weighted by Crippen LogP contribution is 2.17. The van der Waals surface area contributed by atoms with Gasteiger partial charge < -0.3 is 5.11 Å². The van der Waals surface area contributed by atoms with Crippen LogP contribution in [0.4, 0.5) is 0 Å². The largest absolute Gasteiger partial charge is 0.478 e. The fourth-order valence-electron chi connectivity index (χ4n) is 1.51. The summed E-state index contributed by atoms with van der Waals surface area (Å²) < 4.78 is 0.